The Morgan fingerprint density at radius 2 is 1.76 bits per heavy atom. The van der Waals surface area contributed by atoms with E-state index in [2.05, 4.69) is 0 Å². The first-order valence-electron chi connectivity index (χ1n) is 13.2. The van der Waals surface area contributed by atoms with Gasteiger partial charge in [-0.05, 0) is 75.1 Å². The summed E-state index contributed by atoms with van der Waals surface area (Å²) < 4.78 is 65.2. The van der Waals surface area contributed by atoms with E-state index in [0.717, 1.165) is 25.0 Å². The van der Waals surface area contributed by atoms with Crippen LogP contribution in [0.3, 0.4) is 0 Å². The quantitative estimate of drug-likeness (QED) is 0.517. The van der Waals surface area contributed by atoms with E-state index >= 15 is 8.78 Å². The largest absolute Gasteiger partial charge is 0.430 e. The third-order valence-corrected chi connectivity index (χ3v) is 11.2. The van der Waals surface area contributed by atoms with Crippen LogP contribution in [0.1, 0.15) is 73.8 Å². The molecular formula is C29H31F2NO5S. The molecule has 3 fully saturated rings. The van der Waals surface area contributed by atoms with Crippen molar-refractivity contribution >= 4 is 16.0 Å². The van der Waals surface area contributed by atoms with Gasteiger partial charge in [0.2, 0.25) is 10.0 Å². The number of allylic oxidation sites excluding steroid dienone is 1. The van der Waals surface area contributed by atoms with Gasteiger partial charge in [0.25, 0.3) is 0 Å². The highest BCUT2D eigenvalue weighted by Crippen LogP contribution is 2.63. The molecule has 2 saturated carbocycles. The summed E-state index contributed by atoms with van der Waals surface area (Å²) in [4.78, 5) is 11.9. The summed E-state index contributed by atoms with van der Waals surface area (Å²) in [6, 6.07) is 10.7. The maximum Gasteiger partial charge on any atom is 0.314 e. The lowest BCUT2D eigenvalue weighted by Gasteiger charge is -2.54. The van der Waals surface area contributed by atoms with Crippen molar-refractivity contribution in [1.29, 1.82) is 0 Å². The Labute approximate surface area is 221 Å². The number of aliphatic hydroxyl groups is 1. The molecule has 0 spiro atoms. The Hall–Kier alpha value is -2.62. The van der Waals surface area contributed by atoms with Crippen molar-refractivity contribution in [3.8, 4) is 0 Å². The van der Waals surface area contributed by atoms with E-state index in [1.807, 2.05) is 6.07 Å². The molecule has 9 heteroatoms. The number of nitrogens with zero attached hydrogens (tertiary/aromatic N) is 1. The summed E-state index contributed by atoms with van der Waals surface area (Å²) in [6.07, 6.45) is 4.76. The molecule has 38 heavy (non-hydrogen) atoms. The lowest BCUT2D eigenvalue weighted by Crippen LogP contribution is -2.57. The van der Waals surface area contributed by atoms with Crippen LogP contribution in [-0.2, 0) is 31.5 Å². The van der Waals surface area contributed by atoms with Crippen LogP contribution in [0.5, 0.6) is 0 Å². The Bertz CT molecular complexity index is 1410. The lowest BCUT2D eigenvalue weighted by molar-refractivity contribution is -0.143. The Kier molecular flexibility index (Phi) is 6.05. The van der Waals surface area contributed by atoms with Gasteiger partial charge in [0.1, 0.15) is 22.6 Å². The summed E-state index contributed by atoms with van der Waals surface area (Å²) >= 11 is 0. The first-order valence-corrected chi connectivity index (χ1v) is 14.7. The van der Waals surface area contributed by atoms with Gasteiger partial charge in [0.05, 0.1) is 17.4 Å². The van der Waals surface area contributed by atoms with Crippen molar-refractivity contribution in [2.45, 2.75) is 80.7 Å². The second kappa shape index (κ2) is 8.96. The van der Waals surface area contributed by atoms with Crippen LogP contribution in [0.2, 0.25) is 0 Å². The number of carbonyl (C=O) groups is 1. The Morgan fingerprint density at radius 3 is 2.39 bits per heavy atom. The third kappa shape index (κ3) is 4.10. The van der Waals surface area contributed by atoms with E-state index in [1.165, 1.54) is 4.31 Å². The first kappa shape index (κ1) is 25.6. The molecule has 202 valence electrons. The standard InChI is InChI=1S/C29H31F2NO5S/c1-18-7-10-25(19-5-3-2-4-6-19)38(35,36)32(18)15-20-13-24(31)22(14-23(20)30)28(26-11-12-27(33)37-26)16-29(34,17-28)21-8-9-21/h2-6,11,13-14,18,21,25,34H,7-10,12,15-17H2,1H3/t18-,25+,28?,29?/m0/s1. The van der Waals surface area contributed by atoms with E-state index in [-0.39, 0.29) is 54.7 Å². The van der Waals surface area contributed by atoms with Gasteiger partial charge < -0.3 is 9.84 Å². The van der Waals surface area contributed by atoms with Crippen LogP contribution >= 0.6 is 0 Å². The molecule has 0 amide bonds. The van der Waals surface area contributed by atoms with Crippen LogP contribution in [-0.4, -0.2) is 35.4 Å². The van der Waals surface area contributed by atoms with Gasteiger partial charge in [-0.2, -0.15) is 4.31 Å². The average molecular weight is 544 g/mol. The molecule has 4 aliphatic rings. The van der Waals surface area contributed by atoms with Gasteiger partial charge in [0.15, 0.2) is 0 Å². The number of ether oxygens (including phenoxy) is 1. The summed E-state index contributed by atoms with van der Waals surface area (Å²) in [5.74, 6) is -1.52. The number of cyclic esters (lactones) is 1. The monoisotopic (exact) mass is 543 g/mol. The minimum Gasteiger partial charge on any atom is -0.430 e. The highest BCUT2D eigenvalue weighted by molar-refractivity contribution is 7.89. The van der Waals surface area contributed by atoms with Crippen molar-refractivity contribution in [3.05, 3.63) is 82.6 Å². The highest BCUT2D eigenvalue weighted by atomic mass is 32.2. The molecule has 0 bridgehead atoms. The second-order valence-electron chi connectivity index (χ2n) is 11.4. The summed E-state index contributed by atoms with van der Waals surface area (Å²) in [7, 11) is -3.82. The maximum atomic E-state index is 15.8. The molecule has 2 aliphatic carbocycles. The predicted octanol–water partition coefficient (Wildman–Crippen LogP) is 5.02. The highest BCUT2D eigenvalue weighted by Gasteiger charge is 2.64. The summed E-state index contributed by atoms with van der Waals surface area (Å²) in [6.45, 7) is 1.50. The molecule has 2 heterocycles. The molecular weight excluding hydrogens is 512 g/mol. The number of sulfonamides is 1. The smallest absolute Gasteiger partial charge is 0.314 e. The topological polar surface area (TPSA) is 83.9 Å². The Morgan fingerprint density at radius 1 is 1.05 bits per heavy atom. The summed E-state index contributed by atoms with van der Waals surface area (Å²) in [5, 5.41) is 10.3. The number of halogens is 2. The second-order valence-corrected chi connectivity index (χ2v) is 13.5. The molecule has 2 atom stereocenters. The maximum absolute atomic E-state index is 15.8. The number of hydrogen-bond donors (Lipinski definition) is 1. The number of hydrogen-bond acceptors (Lipinski definition) is 5. The molecule has 2 aromatic rings. The molecule has 6 nitrogen and oxygen atoms in total. The fraction of sp³-hybridized carbons (Fsp3) is 0.483. The van der Waals surface area contributed by atoms with E-state index in [0.29, 0.717) is 18.4 Å². The number of esters is 1. The van der Waals surface area contributed by atoms with Gasteiger partial charge in [0, 0.05) is 23.7 Å². The van der Waals surface area contributed by atoms with Crippen molar-refractivity contribution in [2.75, 3.05) is 0 Å². The van der Waals surface area contributed by atoms with Crippen molar-refractivity contribution < 1.29 is 31.8 Å². The van der Waals surface area contributed by atoms with Crippen LogP contribution in [0.15, 0.2) is 54.3 Å². The van der Waals surface area contributed by atoms with E-state index in [4.69, 9.17) is 4.74 Å². The zero-order valence-electron chi connectivity index (χ0n) is 21.2. The molecule has 1 N–H and O–H groups in total. The Balaban J connectivity index is 1.32. The van der Waals surface area contributed by atoms with Gasteiger partial charge in [-0.25, -0.2) is 17.2 Å². The van der Waals surface area contributed by atoms with Gasteiger partial charge in [-0.1, -0.05) is 30.3 Å². The van der Waals surface area contributed by atoms with Crippen LogP contribution in [0.4, 0.5) is 8.78 Å². The molecule has 0 radical (unpaired) electrons. The molecule has 1 saturated heterocycles. The van der Waals surface area contributed by atoms with E-state index < -0.39 is 43.9 Å². The zero-order chi connectivity index (χ0) is 26.9. The molecule has 0 unspecified atom stereocenters. The van der Waals surface area contributed by atoms with E-state index in [1.54, 1.807) is 37.3 Å². The zero-order valence-corrected chi connectivity index (χ0v) is 22.0. The van der Waals surface area contributed by atoms with Gasteiger partial charge >= 0.3 is 5.97 Å². The van der Waals surface area contributed by atoms with Crippen LogP contribution in [0.25, 0.3) is 0 Å². The minimum absolute atomic E-state index is 0.0294. The number of benzene rings is 2. The fourth-order valence-corrected chi connectivity index (χ4v) is 8.86. The van der Waals surface area contributed by atoms with E-state index in [9.17, 15) is 18.3 Å². The molecule has 6 rings (SSSR count). The number of rotatable bonds is 6. The molecule has 0 aromatic heterocycles. The van der Waals surface area contributed by atoms with Crippen molar-refractivity contribution in [3.63, 3.8) is 0 Å². The van der Waals surface area contributed by atoms with Crippen molar-refractivity contribution in [2.24, 2.45) is 5.92 Å². The molecule has 2 aromatic carbocycles. The third-order valence-electron chi connectivity index (χ3n) is 8.88. The minimum atomic E-state index is -3.82. The lowest BCUT2D eigenvalue weighted by atomic mass is 9.53. The SMILES string of the molecule is C[C@H]1CC[C@H](c2ccccc2)S(=O)(=O)N1Cc1cc(F)c(C2(C3=CCC(=O)O3)CC(O)(C3CC3)C2)cc1F. The predicted molar refractivity (Wildman–Crippen MR) is 136 cm³/mol. The van der Waals surface area contributed by atoms with Gasteiger partial charge in [-0.3, -0.25) is 4.79 Å². The van der Waals surface area contributed by atoms with Crippen LogP contribution in [0, 0.1) is 17.6 Å². The van der Waals surface area contributed by atoms with Gasteiger partial charge in [-0.15, -0.1) is 0 Å². The fourth-order valence-electron chi connectivity index (χ4n) is 6.67. The van der Waals surface area contributed by atoms with Crippen molar-refractivity contribution in [1.82, 2.24) is 4.31 Å². The average Bonchev–Trinajstić information content (AvgIpc) is 3.63. The normalized spacial score (nSPS) is 32.9. The van der Waals surface area contributed by atoms with Crippen LogP contribution < -0.4 is 0 Å². The summed E-state index contributed by atoms with van der Waals surface area (Å²) in [5.41, 5.74) is -1.47. The first-order chi connectivity index (χ1) is 18.0. The molecule has 2 aliphatic heterocycles. The number of carbonyl (C=O) groups excluding carboxylic acids is 1.